The van der Waals surface area contributed by atoms with Gasteiger partial charge in [-0.2, -0.15) is 0 Å². The van der Waals surface area contributed by atoms with Crippen LogP contribution in [0.2, 0.25) is 0 Å². The molecule has 17 heavy (non-hydrogen) atoms. The van der Waals surface area contributed by atoms with Crippen LogP contribution < -0.4 is 0 Å². The zero-order valence-electron chi connectivity index (χ0n) is 10.0. The van der Waals surface area contributed by atoms with E-state index in [1.54, 1.807) is 6.92 Å². The molecule has 1 aromatic heterocycles. The fraction of sp³-hybridized carbons (Fsp3) is 0.538. The van der Waals surface area contributed by atoms with Crippen molar-refractivity contribution < 1.29 is 14.3 Å². The van der Waals surface area contributed by atoms with Crippen molar-refractivity contribution in [3.63, 3.8) is 0 Å². The van der Waals surface area contributed by atoms with Gasteiger partial charge in [0.25, 0.3) is 0 Å². The van der Waals surface area contributed by atoms with Crippen LogP contribution in [0.4, 0.5) is 0 Å². The molecule has 0 amide bonds. The zero-order valence-corrected chi connectivity index (χ0v) is 10.0. The lowest BCUT2D eigenvalue weighted by Crippen LogP contribution is -2.39. The number of hydrogen-bond acceptors (Lipinski definition) is 4. The fourth-order valence-electron chi connectivity index (χ4n) is 2.56. The summed E-state index contributed by atoms with van der Waals surface area (Å²) < 4.78 is 10.6. The predicted octanol–water partition coefficient (Wildman–Crippen LogP) is 1.95. The van der Waals surface area contributed by atoms with Gasteiger partial charge in [-0.3, -0.25) is 0 Å². The van der Waals surface area contributed by atoms with Crippen molar-refractivity contribution in [3.8, 4) is 0 Å². The van der Waals surface area contributed by atoms with Crippen molar-refractivity contribution in [1.82, 2.24) is 4.98 Å². The van der Waals surface area contributed by atoms with Crippen molar-refractivity contribution in [2.75, 3.05) is 6.61 Å². The summed E-state index contributed by atoms with van der Waals surface area (Å²) in [6.45, 7) is 4.19. The third-order valence-corrected chi connectivity index (χ3v) is 3.43. The summed E-state index contributed by atoms with van der Waals surface area (Å²) in [6.07, 6.45) is 2.41. The second-order valence-electron chi connectivity index (χ2n) is 4.60. The van der Waals surface area contributed by atoms with E-state index in [1.165, 1.54) is 5.56 Å². The minimum Gasteiger partial charge on any atom is -0.461 e. The predicted molar refractivity (Wildman–Crippen MR) is 60.9 cm³/mol. The summed E-state index contributed by atoms with van der Waals surface area (Å²) in [7, 11) is 0. The molecular formula is C13H15NO3. The Labute approximate surface area is 99.9 Å². The number of ether oxygens (including phenoxy) is 2. The summed E-state index contributed by atoms with van der Waals surface area (Å²) in [5.41, 5.74) is 3.72. The van der Waals surface area contributed by atoms with Crippen molar-refractivity contribution in [3.05, 3.63) is 28.6 Å². The maximum absolute atomic E-state index is 11.7. The Morgan fingerprint density at radius 1 is 1.65 bits per heavy atom. The van der Waals surface area contributed by atoms with Gasteiger partial charge in [0.15, 0.2) is 0 Å². The monoisotopic (exact) mass is 233 g/mol. The van der Waals surface area contributed by atoms with Crippen molar-refractivity contribution in [2.24, 2.45) is 0 Å². The van der Waals surface area contributed by atoms with E-state index in [-0.39, 0.29) is 12.1 Å². The standard InChI is InChI=1S/C13H15NO3/c1-3-16-13(15)10-4-7(2)9-5-8-6-11(17-8)12(9)14-10/h4,8,11H,3,5-6H2,1-2H3. The van der Waals surface area contributed by atoms with Crippen LogP contribution in [0.25, 0.3) is 0 Å². The molecule has 3 aliphatic rings. The molecule has 1 saturated heterocycles. The van der Waals surface area contributed by atoms with E-state index < -0.39 is 0 Å². The van der Waals surface area contributed by atoms with Crippen molar-refractivity contribution >= 4 is 5.97 Å². The fourth-order valence-corrected chi connectivity index (χ4v) is 2.56. The average Bonchev–Trinajstić information content (AvgIpc) is 2.27. The lowest BCUT2D eigenvalue weighted by molar-refractivity contribution is -0.140. The largest absolute Gasteiger partial charge is 0.461 e. The van der Waals surface area contributed by atoms with Crippen molar-refractivity contribution in [2.45, 2.75) is 38.9 Å². The van der Waals surface area contributed by atoms with E-state index in [9.17, 15) is 4.79 Å². The van der Waals surface area contributed by atoms with Gasteiger partial charge in [0, 0.05) is 12.8 Å². The summed E-state index contributed by atoms with van der Waals surface area (Å²) in [5, 5.41) is 0. The second-order valence-corrected chi connectivity index (χ2v) is 4.60. The molecule has 4 nitrogen and oxygen atoms in total. The maximum atomic E-state index is 11.7. The number of aryl methyl sites for hydroxylation is 1. The molecule has 1 aromatic rings. The Morgan fingerprint density at radius 3 is 3.12 bits per heavy atom. The first-order valence-electron chi connectivity index (χ1n) is 6.02. The Morgan fingerprint density at radius 2 is 2.41 bits per heavy atom. The van der Waals surface area contributed by atoms with E-state index >= 15 is 0 Å². The molecular weight excluding hydrogens is 218 g/mol. The van der Waals surface area contributed by atoms with Crippen LogP contribution in [0.3, 0.4) is 0 Å². The molecule has 0 spiro atoms. The first-order chi connectivity index (χ1) is 8.19. The normalized spacial score (nSPS) is 24.8. The van der Waals surface area contributed by atoms with Crippen LogP contribution in [0.5, 0.6) is 0 Å². The number of pyridine rings is 1. The number of nitrogens with zero attached hydrogens (tertiary/aromatic N) is 1. The molecule has 0 saturated carbocycles. The molecule has 2 unspecified atom stereocenters. The van der Waals surface area contributed by atoms with Crippen LogP contribution in [0.15, 0.2) is 6.07 Å². The van der Waals surface area contributed by atoms with Gasteiger partial charge in [-0.15, -0.1) is 0 Å². The van der Waals surface area contributed by atoms with E-state index in [1.807, 2.05) is 13.0 Å². The molecule has 0 radical (unpaired) electrons. The Bertz CT molecular complexity index is 478. The molecule has 1 fully saturated rings. The van der Waals surface area contributed by atoms with Crippen LogP contribution >= 0.6 is 0 Å². The third-order valence-electron chi connectivity index (χ3n) is 3.43. The molecule has 2 bridgehead atoms. The molecule has 0 N–H and O–H groups in total. The molecule has 90 valence electrons. The van der Waals surface area contributed by atoms with Gasteiger partial charge in [-0.05, 0) is 31.0 Å². The van der Waals surface area contributed by atoms with Gasteiger partial charge >= 0.3 is 5.97 Å². The summed E-state index contributed by atoms with van der Waals surface area (Å²) in [5.74, 6) is -0.347. The lowest BCUT2D eigenvalue weighted by atomic mass is 9.84. The van der Waals surface area contributed by atoms with Gasteiger partial charge in [0.2, 0.25) is 0 Å². The number of hydrogen-bond donors (Lipinski definition) is 0. The molecule has 4 rings (SSSR count). The van der Waals surface area contributed by atoms with E-state index in [2.05, 4.69) is 4.98 Å². The molecule has 2 atom stereocenters. The highest BCUT2D eigenvalue weighted by Crippen LogP contribution is 2.43. The van der Waals surface area contributed by atoms with E-state index in [4.69, 9.17) is 9.47 Å². The maximum Gasteiger partial charge on any atom is 0.356 e. The van der Waals surface area contributed by atoms with Gasteiger partial charge < -0.3 is 9.47 Å². The van der Waals surface area contributed by atoms with Gasteiger partial charge in [0.1, 0.15) is 11.8 Å². The third kappa shape index (κ3) is 1.63. The highest BCUT2D eigenvalue weighted by atomic mass is 16.5. The van der Waals surface area contributed by atoms with E-state index in [0.29, 0.717) is 18.4 Å². The number of rotatable bonds is 2. The molecule has 3 heterocycles. The SMILES string of the molecule is CCOC(=O)c1cc(C)c2c(n1)C1CC(C2)O1. The van der Waals surface area contributed by atoms with E-state index in [0.717, 1.165) is 24.1 Å². The number of carbonyl (C=O) groups excluding carboxylic acids is 1. The van der Waals surface area contributed by atoms with Crippen LogP contribution in [-0.4, -0.2) is 23.7 Å². The molecule has 4 heteroatoms. The van der Waals surface area contributed by atoms with Crippen LogP contribution in [-0.2, 0) is 15.9 Å². The van der Waals surface area contributed by atoms with Crippen molar-refractivity contribution in [1.29, 1.82) is 0 Å². The van der Waals surface area contributed by atoms with Gasteiger partial charge in [-0.1, -0.05) is 0 Å². The number of carbonyl (C=O) groups is 1. The Kier molecular flexibility index (Phi) is 2.40. The first-order valence-corrected chi connectivity index (χ1v) is 6.02. The minimum atomic E-state index is -0.347. The zero-order chi connectivity index (χ0) is 12.0. The highest BCUT2D eigenvalue weighted by molar-refractivity contribution is 5.87. The second kappa shape index (κ2) is 3.81. The summed E-state index contributed by atoms with van der Waals surface area (Å²) in [6, 6.07) is 1.82. The number of aromatic nitrogens is 1. The lowest BCUT2D eigenvalue weighted by Gasteiger charge is -2.42. The smallest absolute Gasteiger partial charge is 0.356 e. The average molecular weight is 233 g/mol. The van der Waals surface area contributed by atoms with Crippen LogP contribution in [0, 0.1) is 6.92 Å². The highest BCUT2D eigenvalue weighted by Gasteiger charge is 2.40. The first kappa shape index (κ1) is 10.7. The quantitative estimate of drug-likeness (QED) is 0.732. The van der Waals surface area contributed by atoms with Gasteiger partial charge in [0.05, 0.1) is 18.4 Å². The summed E-state index contributed by atoms with van der Waals surface area (Å²) >= 11 is 0. The van der Waals surface area contributed by atoms with Crippen LogP contribution in [0.1, 0.15) is 46.8 Å². The Balaban J connectivity index is 2.00. The van der Waals surface area contributed by atoms with Gasteiger partial charge in [-0.25, -0.2) is 9.78 Å². The molecule has 2 aliphatic heterocycles. The molecule has 0 aromatic carbocycles. The number of esters is 1. The minimum absolute atomic E-state index is 0.0943. The summed E-state index contributed by atoms with van der Waals surface area (Å²) in [4.78, 5) is 16.1. The molecule has 1 aliphatic carbocycles. The topological polar surface area (TPSA) is 48.4 Å². The Hall–Kier alpha value is -1.42.